The Morgan fingerprint density at radius 3 is 2.34 bits per heavy atom. The van der Waals surface area contributed by atoms with Crippen LogP contribution in [0, 0.1) is 0 Å². The highest BCUT2D eigenvalue weighted by atomic mass is 16.5. The Bertz CT molecular complexity index is 1190. The van der Waals surface area contributed by atoms with Gasteiger partial charge in [0.1, 0.15) is 17.1 Å². The molecule has 0 fully saturated rings. The molecule has 8 nitrogen and oxygen atoms in total. The van der Waals surface area contributed by atoms with Crippen molar-refractivity contribution in [2.24, 2.45) is 7.05 Å². The fourth-order valence-electron chi connectivity index (χ4n) is 3.28. The molecule has 0 spiro atoms. The first-order chi connectivity index (χ1) is 14.0. The van der Waals surface area contributed by atoms with Crippen molar-refractivity contribution in [1.82, 2.24) is 19.2 Å². The number of benzene rings is 1. The Balaban J connectivity index is 1.89. The van der Waals surface area contributed by atoms with Crippen LogP contribution in [0.4, 0.5) is 0 Å². The van der Waals surface area contributed by atoms with Crippen molar-refractivity contribution in [3.63, 3.8) is 0 Å². The van der Waals surface area contributed by atoms with E-state index in [0.29, 0.717) is 22.8 Å². The molecule has 0 aliphatic heterocycles. The lowest BCUT2D eigenvalue weighted by Gasteiger charge is -2.10. The summed E-state index contributed by atoms with van der Waals surface area (Å²) in [6, 6.07) is 9.02. The summed E-state index contributed by atoms with van der Waals surface area (Å²) >= 11 is 0. The van der Waals surface area contributed by atoms with Gasteiger partial charge in [0, 0.05) is 29.9 Å². The van der Waals surface area contributed by atoms with Gasteiger partial charge >= 0.3 is 5.97 Å². The van der Waals surface area contributed by atoms with Gasteiger partial charge in [0.15, 0.2) is 0 Å². The van der Waals surface area contributed by atoms with Crippen LogP contribution in [0.5, 0.6) is 11.6 Å². The summed E-state index contributed by atoms with van der Waals surface area (Å²) in [5.74, 6) is 0.767. The number of esters is 1. The highest BCUT2D eigenvalue weighted by Gasteiger charge is 2.19. The van der Waals surface area contributed by atoms with Crippen molar-refractivity contribution in [3.8, 4) is 34.0 Å². The van der Waals surface area contributed by atoms with E-state index >= 15 is 0 Å². The molecule has 4 rings (SSSR count). The zero-order valence-electron chi connectivity index (χ0n) is 16.5. The highest BCUT2D eigenvalue weighted by Crippen LogP contribution is 2.36. The van der Waals surface area contributed by atoms with Crippen LogP contribution >= 0.6 is 0 Å². The minimum Gasteiger partial charge on any atom is -0.495 e. The third-order valence-corrected chi connectivity index (χ3v) is 4.70. The lowest BCUT2D eigenvalue weighted by molar-refractivity contribution is 0.0601. The number of imidazole rings is 1. The number of hydrogen-bond donors (Lipinski definition) is 0. The standard InChI is InChI=1S/C21H20N4O4/c1-24-11-15(10-22-24)16-9-18-23-20(28-3)19(25(18)12-17(16)27-2)13-5-7-14(8-6-13)21(26)29-4/h5-12H,1-4H3. The molecule has 0 N–H and O–H groups in total. The largest absolute Gasteiger partial charge is 0.495 e. The smallest absolute Gasteiger partial charge is 0.337 e. The van der Waals surface area contributed by atoms with E-state index in [4.69, 9.17) is 14.2 Å². The van der Waals surface area contributed by atoms with Gasteiger partial charge in [0.25, 0.3) is 0 Å². The third kappa shape index (κ3) is 3.18. The molecule has 0 bridgehead atoms. The molecular formula is C21H20N4O4. The average molecular weight is 392 g/mol. The van der Waals surface area contributed by atoms with Crippen LogP contribution < -0.4 is 9.47 Å². The number of carbonyl (C=O) groups is 1. The molecule has 0 unspecified atom stereocenters. The van der Waals surface area contributed by atoms with E-state index in [1.165, 1.54) is 7.11 Å². The predicted octanol–water partition coefficient (Wildman–Crippen LogP) is 3.21. The Hall–Kier alpha value is -3.81. The normalized spacial score (nSPS) is 10.9. The van der Waals surface area contributed by atoms with Gasteiger partial charge in [0.2, 0.25) is 5.88 Å². The van der Waals surface area contributed by atoms with Crippen molar-refractivity contribution in [1.29, 1.82) is 0 Å². The number of hydrogen-bond acceptors (Lipinski definition) is 6. The zero-order chi connectivity index (χ0) is 20.5. The number of aryl methyl sites for hydroxylation is 1. The number of ether oxygens (including phenoxy) is 3. The summed E-state index contributed by atoms with van der Waals surface area (Å²) < 4.78 is 19.6. The van der Waals surface area contributed by atoms with Gasteiger partial charge in [0.05, 0.1) is 39.3 Å². The average Bonchev–Trinajstić information content (AvgIpc) is 3.34. The van der Waals surface area contributed by atoms with Crippen LogP contribution in [-0.4, -0.2) is 46.5 Å². The molecule has 0 saturated heterocycles. The fraction of sp³-hybridized carbons (Fsp3) is 0.190. The topological polar surface area (TPSA) is 79.9 Å². The van der Waals surface area contributed by atoms with Crippen molar-refractivity contribution in [3.05, 3.63) is 54.5 Å². The van der Waals surface area contributed by atoms with Gasteiger partial charge in [-0.1, -0.05) is 12.1 Å². The van der Waals surface area contributed by atoms with Crippen LogP contribution in [0.1, 0.15) is 10.4 Å². The maximum Gasteiger partial charge on any atom is 0.337 e. The van der Waals surface area contributed by atoms with Gasteiger partial charge in [-0.05, 0) is 18.2 Å². The second-order valence-electron chi connectivity index (χ2n) is 6.42. The quantitative estimate of drug-likeness (QED) is 0.485. The van der Waals surface area contributed by atoms with E-state index in [9.17, 15) is 4.79 Å². The Morgan fingerprint density at radius 1 is 1.00 bits per heavy atom. The molecule has 29 heavy (non-hydrogen) atoms. The fourth-order valence-corrected chi connectivity index (χ4v) is 3.28. The summed E-state index contributed by atoms with van der Waals surface area (Å²) in [6.07, 6.45) is 5.57. The second kappa shape index (κ2) is 7.31. The molecule has 3 aromatic heterocycles. The highest BCUT2D eigenvalue weighted by molar-refractivity contribution is 5.90. The molecular weight excluding hydrogens is 372 g/mol. The minimum absolute atomic E-state index is 0.385. The lowest BCUT2D eigenvalue weighted by atomic mass is 10.1. The molecule has 0 aliphatic carbocycles. The third-order valence-electron chi connectivity index (χ3n) is 4.70. The van der Waals surface area contributed by atoms with E-state index < -0.39 is 0 Å². The molecule has 0 radical (unpaired) electrons. The van der Waals surface area contributed by atoms with E-state index in [1.807, 2.05) is 42.0 Å². The Labute approximate surface area is 167 Å². The first-order valence-electron chi connectivity index (χ1n) is 8.87. The van der Waals surface area contributed by atoms with Crippen molar-refractivity contribution >= 4 is 11.6 Å². The monoisotopic (exact) mass is 392 g/mol. The second-order valence-corrected chi connectivity index (χ2v) is 6.42. The number of fused-ring (bicyclic) bond motifs is 1. The predicted molar refractivity (Wildman–Crippen MR) is 107 cm³/mol. The first kappa shape index (κ1) is 18.5. The van der Waals surface area contributed by atoms with Gasteiger partial charge < -0.3 is 14.2 Å². The summed E-state index contributed by atoms with van der Waals surface area (Å²) in [6.45, 7) is 0. The molecule has 0 amide bonds. The van der Waals surface area contributed by atoms with Crippen molar-refractivity contribution in [2.45, 2.75) is 0 Å². The molecule has 3 heterocycles. The first-order valence-corrected chi connectivity index (χ1v) is 8.87. The molecule has 4 aromatic rings. The van der Waals surface area contributed by atoms with E-state index in [-0.39, 0.29) is 5.97 Å². The van der Waals surface area contributed by atoms with E-state index in [1.54, 1.807) is 37.2 Å². The lowest BCUT2D eigenvalue weighted by Crippen LogP contribution is -2.00. The maximum atomic E-state index is 11.7. The molecule has 0 atom stereocenters. The van der Waals surface area contributed by atoms with Crippen LogP contribution in [0.3, 0.4) is 0 Å². The summed E-state index contributed by atoms with van der Waals surface area (Å²) in [4.78, 5) is 16.3. The number of aromatic nitrogens is 4. The van der Waals surface area contributed by atoms with Crippen LogP contribution in [-0.2, 0) is 11.8 Å². The van der Waals surface area contributed by atoms with Gasteiger partial charge in [-0.15, -0.1) is 0 Å². The van der Waals surface area contributed by atoms with Crippen molar-refractivity contribution < 1.29 is 19.0 Å². The zero-order valence-corrected chi connectivity index (χ0v) is 16.5. The summed E-state index contributed by atoms with van der Waals surface area (Å²) in [5, 5.41) is 4.24. The number of pyridine rings is 1. The van der Waals surface area contributed by atoms with Crippen LogP contribution in [0.25, 0.3) is 28.0 Å². The Morgan fingerprint density at radius 2 is 1.76 bits per heavy atom. The SMILES string of the molecule is COC(=O)c1ccc(-c2c(OC)nc3cc(-c4cnn(C)c4)c(OC)cn23)cc1. The van der Waals surface area contributed by atoms with Gasteiger partial charge in [-0.3, -0.25) is 9.08 Å². The summed E-state index contributed by atoms with van der Waals surface area (Å²) in [5.41, 5.74) is 4.59. The van der Waals surface area contributed by atoms with Crippen molar-refractivity contribution in [2.75, 3.05) is 21.3 Å². The number of rotatable bonds is 5. The maximum absolute atomic E-state index is 11.7. The molecule has 0 saturated carbocycles. The minimum atomic E-state index is -0.385. The number of methoxy groups -OCH3 is 3. The number of carbonyl (C=O) groups excluding carboxylic acids is 1. The summed E-state index contributed by atoms with van der Waals surface area (Å²) in [7, 11) is 6.42. The molecule has 8 heteroatoms. The van der Waals surface area contributed by atoms with E-state index in [0.717, 1.165) is 22.4 Å². The molecule has 1 aromatic carbocycles. The Kier molecular flexibility index (Phi) is 4.67. The van der Waals surface area contributed by atoms with Crippen LogP contribution in [0.15, 0.2) is 48.9 Å². The molecule has 148 valence electrons. The van der Waals surface area contributed by atoms with Gasteiger partial charge in [-0.25, -0.2) is 4.79 Å². The van der Waals surface area contributed by atoms with Gasteiger partial charge in [-0.2, -0.15) is 10.1 Å². The molecule has 0 aliphatic rings. The van der Waals surface area contributed by atoms with E-state index in [2.05, 4.69) is 10.1 Å². The number of nitrogens with zero attached hydrogens (tertiary/aromatic N) is 4. The van der Waals surface area contributed by atoms with Crippen LogP contribution in [0.2, 0.25) is 0 Å².